The summed E-state index contributed by atoms with van der Waals surface area (Å²) >= 11 is 0. The molecule has 1 saturated carbocycles. The van der Waals surface area contributed by atoms with Crippen molar-refractivity contribution in [1.82, 2.24) is 4.90 Å². The minimum absolute atomic E-state index is 0.268. The highest BCUT2D eigenvalue weighted by Gasteiger charge is 2.25. The van der Waals surface area contributed by atoms with Gasteiger partial charge in [0.15, 0.2) is 0 Å². The van der Waals surface area contributed by atoms with E-state index >= 15 is 0 Å². The van der Waals surface area contributed by atoms with Gasteiger partial charge in [-0.3, -0.25) is 9.69 Å². The van der Waals surface area contributed by atoms with E-state index in [1.54, 1.807) is 0 Å². The number of carbonyl (C=O) groups is 1. The molecular weight excluding hydrogens is 202 g/mol. The third-order valence-electron chi connectivity index (χ3n) is 3.70. The van der Waals surface area contributed by atoms with Crippen molar-refractivity contribution in [2.75, 3.05) is 6.54 Å². The van der Waals surface area contributed by atoms with E-state index in [2.05, 4.69) is 25.7 Å². The Morgan fingerprint density at radius 1 is 1.31 bits per heavy atom. The van der Waals surface area contributed by atoms with Gasteiger partial charge in [-0.05, 0) is 45.4 Å². The lowest BCUT2D eigenvalue weighted by atomic mass is 9.86. The molecule has 3 heteroatoms. The second-order valence-corrected chi connectivity index (χ2v) is 5.39. The van der Waals surface area contributed by atoms with Gasteiger partial charge < -0.3 is 5.11 Å². The van der Waals surface area contributed by atoms with E-state index in [1.807, 2.05) is 0 Å². The molecule has 0 aromatic rings. The Bertz CT molecular complexity index is 220. The quantitative estimate of drug-likeness (QED) is 0.785. The van der Waals surface area contributed by atoms with Crippen LogP contribution in [0.15, 0.2) is 0 Å². The fourth-order valence-electron chi connectivity index (χ4n) is 2.66. The lowest BCUT2D eigenvalue weighted by Crippen LogP contribution is -2.43. The fraction of sp³-hybridized carbons (Fsp3) is 0.923. The zero-order valence-corrected chi connectivity index (χ0v) is 10.8. The van der Waals surface area contributed by atoms with Gasteiger partial charge in [0.2, 0.25) is 0 Å². The molecule has 0 aliphatic heterocycles. The number of rotatable bonds is 5. The molecule has 3 nitrogen and oxygen atoms in total. The number of hydrogen-bond donors (Lipinski definition) is 1. The van der Waals surface area contributed by atoms with Gasteiger partial charge in [-0.25, -0.2) is 0 Å². The third kappa shape index (κ3) is 4.12. The molecule has 0 heterocycles. The summed E-state index contributed by atoms with van der Waals surface area (Å²) in [6.45, 7) is 7.35. The Balaban J connectivity index is 2.46. The van der Waals surface area contributed by atoms with Crippen LogP contribution in [0.5, 0.6) is 0 Å². The summed E-state index contributed by atoms with van der Waals surface area (Å²) in [7, 11) is 0. The van der Waals surface area contributed by atoms with Crippen molar-refractivity contribution < 1.29 is 9.90 Å². The van der Waals surface area contributed by atoms with Gasteiger partial charge in [0.05, 0.1) is 6.42 Å². The molecule has 0 atom stereocenters. The van der Waals surface area contributed by atoms with E-state index in [-0.39, 0.29) is 6.42 Å². The van der Waals surface area contributed by atoms with Crippen LogP contribution < -0.4 is 0 Å². The highest BCUT2D eigenvalue weighted by atomic mass is 16.4. The van der Waals surface area contributed by atoms with E-state index in [0.29, 0.717) is 18.6 Å². The molecule has 0 radical (unpaired) electrons. The van der Waals surface area contributed by atoms with E-state index in [1.165, 1.54) is 25.7 Å². The number of nitrogens with zero attached hydrogens (tertiary/aromatic N) is 1. The molecule has 0 aromatic carbocycles. The Kier molecular flexibility index (Phi) is 5.26. The maximum absolute atomic E-state index is 10.6. The van der Waals surface area contributed by atoms with E-state index < -0.39 is 5.97 Å². The SMILES string of the molecule is CC1CCC(N(CCC(=O)O)C(C)C)CC1. The van der Waals surface area contributed by atoms with Crippen LogP contribution in [0, 0.1) is 5.92 Å². The second kappa shape index (κ2) is 6.24. The summed E-state index contributed by atoms with van der Waals surface area (Å²) in [4.78, 5) is 13.0. The molecule has 1 N–H and O–H groups in total. The van der Waals surface area contributed by atoms with E-state index in [0.717, 1.165) is 5.92 Å². The first-order valence-electron chi connectivity index (χ1n) is 6.48. The summed E-state index contributed by atoms with van der Waals surface area (Å²) in [5.74, 6) is 0.166. The number of aliphatic carboxylic acids is 1. The third-order valence-corrected chi connectivity index (χ3v) is 3.70. The van der Waals surface area contributed by atoms with Crippen LogP contribution in [-0.2, 0) is 4.79 Å². The first kappa shape index (κ1) is 13.5. The van der Waals surface area contributed by atoms with Crippen LogP contribution in [-0.4, -0.2) is 34.6 Å². The van der Waals surface area contributed by atoms with E-state index in [9.17, 15) is 4.79 Å². The fourth-order valence-corrected chi connectivity index (χ4v) is 2.66. The number of carboxylic acids is 1. The molecular formula is C13H25NO2. The summed E-state index contributed by atoms with van der Waals surface area (Å²) in [6, 6.07) is 1.06. The summed E-state index contributed by atoms with van der Waals surface area (Å²) in [5.41, 5.74) is 0. The predicted octanol–water partition coefficient (Wildman–Crippen LogP) is 2.75. The molecule has 0 saturated heterocycles. The molecule has 0 bridgehead atoms. The van der Waals surface area contributed by atoms with Crippen molar-refractivity contribution in [3.8, 4) is 0 Å². The maximum Gasteiger partial charge on any atom is 0.304 e. The minimum Gasteiger partial charge on any atom is -0.481 e. The van der Waals surface area contributed by atoms with Crippen molar-refractivity contribution in [2.24, 2.45) is 5.92 Å². The summed E-state index contributed by atoms with van der Waals surface area (Å²) in [6.07, 6.45) is 5.32. The monoisotopic (exact) mass is 227 g/mol. The molecule has 1 aliphatic carbocycles. The van der Waals surface area contributed by atoms with Crippen molar-refractivity contribution >= 4 is 5.97 Å². The van der Waals surface area contributed by atoms with Crippen molar-refractivity contribution in [3.05, 3.63) is 0 Å². The van der Waals surface area contributed by atoms with E-state index in [4.69, 9.17) is 5.11 Å². The van der Waals surface area contributed by atoms with Crippen molar-refractivity contribution in [1.29, 1.82) is 0 Å². The Morgan fingerprint density at radius 2 is 1.88 bits per heavy atom. The molecule has 1 aliphatic rings. The molecule has 1 rings (SSSR count). The molecule has 0 spiro atoms. The smallest absolute Gasteiger partial charge is 0.304 e. The van der Waals surface area contributed by atoms with Crippen LogP contribution in [0.1, 0.15) is 52.9 Å². The number of hydrogen-bond acceptors (Lipinski definition) is 2. The van der Waals surface area contributed by atoms with Gasteiger partial charge in [0.1, 0.15) is 0 Å². The van der Waals surface area contributed by atoms with Gasteiger partial charge in [-0.15, -0.1) is 0 Å². The van der Waals surface area contributed by atoms with Crippen molar-refractivity contribution in [3.63, 3.8) is 0 Å². The normalized spacial score (nSPS) is 26.3. The number of carboxylic acid groups (broad SMARTS) is 1. The Morgan fingerprint density at radius 3 is 2.31 bits per heavy atom. The van der Waals surface area contributed by atoms with Crippen LogP contribution in [0.4, 0.5) is 0 Å². The zero-order chi connectivity index (χ0) is 12.1. The lowest BCUT2D eigenvalue weighted by molar-refractivity contribution is -0.137. The van der Waals surface area contributed by atoms with Gasteiger partial charge in [0, 0.05) is 18.6 Å². The lowest BCUT2D eigenvalue weighted by Gasteiger charge is -2.38. The average Bonchev–Trinajstić information content (AvgIpc) is 2.20. The van der Waals surface area contributed by atoms with Gasteiger partial charge in [-0.2, -0.15) is 0 Å². The van der Waals surface area contributed by atoms with Gasteiger partial charge in [-0.1, -0.05) is 6.92 Å². The highest BCUT2D eigenvalue weighted by Crippen LogP contribution is 2.28. The molecule has 1 fully saturated rings. The standard InChI is InChI=1S/C13H25NO2/c1-10(2)14(9-8-13(15)16)12-6-4-11(3)5-7-12/h10-12H,4-9H2,1-3H3,(H,15,16). The topological polar surface area (TPSA) is 40.5 Å². The zero-order valence-electron chi connectivity index (χ0n) is 10.8. The summed E-state index contributed by atoms with van der Waals surface area (Å²) < 4.78 is 0. The molecule has 0 aromatic heterocycles. The summed E-state index contributed by atoms with van der Waals surface area (Å²) in [5, 5.41) is 8.76. The molecule has 94 valence electrons. The molecule has 0 amide bonds. The Labute approximate surface area is 98.8 Å². The largest absolute Gasteiger partial charge is 0.481 e. The predicted molar refractivity (Wildman–Crippen MR) is 65.5 cm³/mol. The Hall–Kier alpha value is -0.570. The van der Waals surface area contributed by atoms with Crippen LogP contribution in [0.2, 0.25) is 0 Å². The highest BCUT2D eigenvalue weighted by molar-refractivity contribution is 5.66. The maximum atomic E-state index is 10.6. The van der Waals surface area contributed by atoms with Crippen LogP contribution >= 0.6 is 0 Å². The van der Waals surface area contributed by atoms with Crippen LogP contribution in [0.25, 0.3) is 0 Å². The first-order valence-corrected chi connectivity index (χ1v) is 6.48. The molecule has 0 unspecified atom stereocenters. The van der Waals surface area contributed by atoms with Crippen LogP contribution in [0.3, 0.4) is 0 Å². The average molecular weight is 227 g/mol. The molecule has 16 heavy (non-hydrogen) atoms. The van der Waals surface area contributed by atoms with Crippen molar-refractivity contribution in [2.45, 2.75) is 65.0 Å². The minimum atomic E-state index is -0.685. The van der Waals surface area contributed by atoms with Gasteiger partial charge in [0.25, 0.3) is 0 Å². The van der Waals surface area contributed by atoms with Gasteiger partial charge >= 0.3 is 5.97 Å². The second-order valence-electron chi connectivity index (χ2n) is 5.39. The first-order chi connectivity index (χ1) is 7.50.